The van der Waals surface area contributed by atoms with Gasteiger partial charge in [0.15, 0.2) is 0 Å². The molecule has 0 saturated heterocycles. The lowest BCUT2D eigenvalue weighted by Crippen LogP contribution is -2.40. The highest BCUT2D eigenvalue weighted by atomic mass is 32.1. The number of nitrogens with two attached hydrogens (primary N) is 1. The first kappa shape index (κ1) is 13.9. The molecule has 1 aromatic heterocycles. The van der Waals surface area contributed by atoms with Crippen LogP contribution in [0.5, 0.6) is 0 Å². The Bertz CT molecular complexity index is 428. The molecule has 0 aliphatic carbocycles. The monoisotopic (exact) mass is 253 g/mol. The van der Waals surface area contributed by atoms with E-state index in [1.807, 2.05) is 6.07 Å². The Morgan fingerprint density at radius 1 is 1.53 bits per heavy atom. The van der Waals surface area contributed by atoms with Crippen molar-refractivity contribution in [2.75, 3.05) is 13.1 Å². The largest absolute Gasteiger partial charge is 0.392 e. The van der Waals surface area contributed by atoms with E-state index in [0.29, 0.717) is 24.1 Å². The van der Waals surface area contributed by atoms with Crippen molar-refractivity contribution in [3.63, 3.8) is 0 Å². The summed E-state index contributed by atoms with van der Waals surface area (Å²) in [6.45, 7) is 6.19. The fraction of sp³-hybridized carbons (Fsp3) is 0.500. The summed E-state index contributed by atoms with van der Waals surface area (Å²) in [5, 5.41) is 0. The van der Waals surface area contributed by atoms with E-state index in [2.05, 4.69) is 18.7 Å². The zero-order valence-corrected chi connectivity index (χ0v) is 11.1. The normalized spacial score (nSPS) is 11.1. The molecule has 4 nitrogen and oxygen atoms in total. The van der Waals surface area contributed by atoms with Gasteiger partial charge in [0, 0.05) is 37.9 Å². The van der Waals surface area contributed by atoms with Crippen molar-refractivity contribution >= 4 is 17.2 Å². The van der Waals surface area contributed by atoms with Gasteiger partial charge in [0.2, 0.25) is 0 Å². The Balaban J connectivity index is 2.61. The number of hydrogen-bond acceptors (Lipinski definition) is 3. The molecular formula is C12H19N3OS. The molecule has 5 heteroatoms. The van der Waals surface area contributed by atoms with Gasteiger partial charge in [-0.2, -0.15) is 0 Å². The number of rotatable bonds is 6. The lowest BCUT2D eigenvalue weighted by Gasteiger charge is -2.25. The van der Waals surface area contributed by atoms with Gasteiger partial charge in [0.25, 0.3) is 5.56 Å². The van der Waals surface area contributed by atoms with E-state index in [0.717, 1.165) is 6.54 Å². The Morgan fingerprint density at radius 2 is 2.24 bits per heavy atom. The first-order valence-electron chi connectivity index (χ1n) is 5.68. The summed E-state index contributed by atoms with van der Waals surface area (Å²) in [6, 6.07) is 5.52. The first-order valence-corrected chi connectivity index (χ1v) is 6.09. The molecule has 0 aliphatic rings. The molecule has 0 fully saturated rings. The molecule has 17 heavy (non-hydrogen) atoms. The Kier molecular flexibility index (Phi) is 5.31. The maximum absolute atomic E-state index is 11.5. The van der Waals surface area contributed by atoms with Gasteiger partial charge in [-0.15, -0.1) is 0 Å². The van der Waals surface area contributed by atoms with Crippen LogP contribution in [0.1, 0.15) is 13.8 Å². The number of aromatic nitrogens is 1. The van der Waals surface area contributed by atoms with Crippen LogP contribution in [0.4, 0.5) is 0 Å². The highest BCUT2D eigenvalue weighted by molar-refractivity contribution is 7.80. The number of hydrogen-bond donors (Lipinski definition) is 1. The van der Waals surface area contributed by atoms with E-state index in [4.69, 9.17) is 18.0 Å². The minimum absolute atomic E-state index is 0.0199. The third kappa shape index (κ3) is 4.66. The maximum atomic E-state index is 11.5. The van der Waals surface area contributed by atoms with E-state index in [1.165, 1.54) is 0 Å². The van der Waals surface area contributed by atoms with Crippen LogP contribution >= 0.6 is 12.2 Å². The van der Waals surface area contributed by atoms with Crippen molar-refractivity contribution in [3.8, 4) is 0 Å². The van der Waals surface area contributed by atoms with Gasteiger partial charge in [0.05, 0.1) is 4.99 Å². The Labute approximate surface area is 107 Å². The smallest absolute Gasteiger partial charge is 0.250 e. The van der Waals surface area contributed by atoms with Crippen molar-refractivity contribution in [1.82, 2.24) is 9.47 Å². The van der Waals surface area contributed by atoms with Crippen LogP contribution in [0.25, 0.3) is 0 Å². The van der Waals surface area contributed by atoms with Crippen molar-refractivity contribution in [2.45, 2.75) is 26.4 Å². The molecule has 0 spiro atoms. The SMILES string of the molecule is CC(C)N(CCn1ccccc1=O)CC(N)=S. The molecule has 0 saturated carbocycles. The zero-order chi connectivity index (χ0) is 12.8. The first-order chi connectivity index (χ1) is 8.00. The molecule has 0 aromatic carbocycles. The van der Waals surface area contributed by atoms with Crippen LogP contribution in [0.3, 0.4) is 0 Å². The number of nitrogens with zero attached hydrogens (tertiary/aromatic N) is 2. The van der Waals surface area contributed by atoms with E-state index in [9.17, 15) is 4.79 Å². The quantitative estimate of drug-likeness (QED) is 0.764. The average molecular weight is 253 g/mol. The molecule has 2 N–H and O–H groups in total. The molecule has 0 radical (unpaired) electrons. The van der Waals surface area contributed by atoms with Gasteiger partial charge in [-0.05, 0) is 19.9 Å². The molecule has 1 rings (SSSR count). The van der Waals surface area contributed by atoms with E-state index in [1.54, 1.807) is 22.9 Å². The topological polar surface area (TPSA) is 51.3 Å². The van der Waals surface area contributed by atoms with Crippen LogP contribution in [0, 0.1) is 0 Å². The lowest BCUT2D eigenvalue weighted by molar-refractivity contribution is 0.243. The summed E-state index contributed by atoms with van der Waals surface area (Å²) in [5.74, 6) is 0. The van der Waals surface area contributed by atoms with Crippen molar-refractivity contribution in [1.29, 1.82) is 0 Å². The third-order valence-corrected chi connectivity index (χ3v) is 2.75. The maximum Gasteiger partial charge on any atom is 0.250 e. The molecule has 0 amide bonds. The number of pyridine rings is 1. The minimum Gasteiger partial charge on any atom is -0.392 e. The van der Waals surface area contributed by atoms with Gasteiger partial charge >= 0.3 is 0 Å². The summed E-state index contributed by atoms with van der Waals surface area (Å²) in [4.78, 5) is 14.2. The molecule has 94 valence electrons. The van der Waals surface area contributed by atoms with Crippen molar-refractivity contribution in [3.05, 3.63) is 34.7 Å². The van der Waals surface area contributed by atoms with Crippen LogP contribution in [-0.4, -0.2) is 33.6 Å². The van der Waals surface area contributed by atoms with Crippen LogP contribution in [-0.2, 0) is 6.54 Å². The van der Waals surface area contributed by atoms with E-state index in [-0.39, 0.29) is 5.56 Å². The summed E-state index contributed by atoms with van der Waals surface area (Å²) >= 11 is 4.92. The molecule has 0 bridgehead atoms. The van der Waals surface area contributed by atoms with Gasteiger partial charge in [-0.1, -0.05) is 18.3 Å². The molecule has 0 aliphatic heterocycles. The molecule has 1 aromatic rings. The summed E-state index contributed by atoms with van der Waals surface area (Å²) < 4.78 is 1.69. The highest BCUT2D eigenvalue weighted by Gasteiger charge is 2.10. The fourth-order valence-electron chi connectivity index (χ4n) is 1.60. The van der Waals surface area contributed by atoms with Crippen molar-refractivity contribution in [2.24, 2.45) is 5.73 Å². The average Bonchev–Trinajstić information content (AvgIpc) is 2.25. The second kappa shape index (κ2) is 6.51. The van der Waals surface area contributed by atoms with Crippen LogP contribution < -0.4 is 11.3 Å². The van der Waals surface area contributed by atoms with Gasteiger partial charge in [-0.25, -0.2) is 0 Å². The van der Waals surface area contributed by atoms with Crippen LogP contribution in [0.15, 0.2) is 29.2 Å². The highest BCUT2D eigenvalue weighted by Crippen LogP contribution is 1.98. The second-order valence-corrected chi connectivity index (χ2v) is 4.79. The summed E-state index contributed by atoms with van der Waals surface area (Å²) in [6.07, 6.45) is 1.79. The standard InChI is InChI=1S/C12H19N3OS/c1-10(2)15(9-11(13)17)8-7-14-6-4-3-5-12(14)16/h3-6,10H,7-9H2,1-2H3,(H2,13,17). The summed E-state index contributed by atoms with van der Waals surface area (Å²) in [7, 11) is 0. The third-order valence-electron chi connectivity index (χ3n) is 2.62. The van der Waals surface area contributed by atoms with Crippen molar-refractivity contribution < 1.29 is 0 Å². The molecule has 1 heterocycles. The molecule has 0 atom stereocenters. The zero-order valence-electron chi connectivity index (χ0n) is 10.3. The predicted octanol–water partition coefficient (Wildman–Crippen LogP) is 0.845. The van der Waals surface area contributed by atoms with Gasteiger partial charge < -0.3 is 10.3 Å². The molecular weight excluding hydrogens is 234 g/mol. The van der Waals surface area contributed by atoms with Crippen LogP contribution in [0.2, 0.25) is 0 Å². The number of thiocarbonyl (C=S) groups is 1. The second-order valence-electron chi connectivity index (χ2n) is 4.26. The fourth-order valence-corrected chi connectivity index (χ4v) is 1.77. The van der Waals surface area contributed by atoms with E-state index < -0.39 is 0 Å². The van der Waals surface area contributed by atoms with Gasteiger partial charge in [-0.3, -0.25) is 9.69 Å². The summed E-state index contributed by atoms with van der Waals surface area (Å²) in [5.41, 5.74) is 5.57. The van der Waals surface area contributed by atoms with E-state index >= 15 is 0 Å². The Morgan fingerprint density at radius 3 is 2.76 bits per heavy atom. The van der Waals surface area contributed by atoms with Gasteiger partial charge in [0.1, 0.15) is 0 Å². The predicted molar refractivity (Wildman–Crippen MR) is 74.2 cm³/mol. The molecule has 0 unspecified atom stereocenters. The lowest BCUT2D eigenvalue weighted by atomic mass is 10.3. The Hall–Kier alpha value is -1.20. The minimum atomic E-state index is 0.0199.